The van der Waals surface area contributed by atoms with Crippen LogP contribution in [0, 0.1) is 13.8 Å². The van der Waals surface area contributed by atoms with Gasteiger partial charge in [0.15, 0.2) is 6.10 Å². The van der Waals surface area contributed by atoms with Crippen molar-refractivity contribution in [1.82, 2.24) is 15.0 Å². The summed E-state index contributed by atoms with van der Waals surface area (Å²) in [5.41, 5.74) is 2.79. The molecule has 0 spiro atoms. The molecule has 1 amide bonds. The minimum atomic E-state index is -0.657. The second-order valence-electron chi connectivity index (χ2n) is 7.30. The van der Waals surface area contributed by atoms with Crippen LogP contribution in [0.25, 0.3) is 11.4 Å². The highest BCUT2D eigenvalue weighted by Gasteiger charge is 2.22. The average molecular weight is 425 g/mol. The third-order valence-corrected chi connectivity index (χ3v) is 4.85. The summed E-state index contributed by atoms with van der Waals surface area (Å²) in [6.07, 6.45) is -0.657. The Hall–Kier alpha value is -3.55. The van der Waals surface area contributed by atoms with Crippen molar-refractivity contribution >= 4 is 5.91 Å². The summed E-state index contributed by atoms with van der Waals surface area (Å²) in [4.78, 5) is 18.7. The van der Waals surface area contributed by atoms with E-state index in [4.69, 9.17) is 18.7 Å². The molecular formula is C23H27N3O5. The number of aromatic nitrogens is 2. The molecule has 0 bridgehead atoms. The maximum Gasteiger partial charge on any atom is 0.263 e. The van der Waals surface area contributed by atoms with Gasteiger partial charge in [-0.3, -0.25) is 4.79 Å². The largest absolute Gasteiger partial charge is 0.497 e. The van der Waals surface area contributed by atoms with Gasteiger partial charge < -0.3 is 23.6 Å². The molecule has 1 atom stereocenters. The molecule has 2 aromatic carbocycles. The minimum absolute atomic E-state index is 0.158. The van der Waals surface area contributed by atoms with E-state index < -0.39 is 6.10 Å². The van der Waals surface area contributed by atoms with Gasteiger partial charge in [0.25, 0.3) is 5.91 Å². The molecule has 0 saturated carbocycles. The van der Waals surface area contributed by atoms with Gasteiger partial charge in [-0.05, 0) is 44.5 Å². The fraction of sp³-hybridized carbons (Fsp3) is 0.348. The van der Waals surface area contributed by atoms with Crippen LogP contribution < -0.4 is 14.2 Å². The lowest BCUT2D eigenvalue weighted by atomic mass is 10.1. The lowest BCUT2D eigenvalue weighted by molar-refractivity contribution is -0.137. The highest BCUT2D eigenvalue weighted by atomic mass is 16.5. The molecule has 164 valence electrons. The highest BCUT2D eigenvalue weighted by Crippen LogP contribution is 2.31. The lowest BCUT2D eigenvalue weighted by Crippen LogP contribution is -2.37. The monoisotopic (exact) mass is 425 g/mol. The third-order valence-electron chi connectivity index (χ3n) is 4.85. The number of carbonyl (C=O) groups is 1. The van der Waals surface area contributed by atoms with E-state index in [1.54, 1.807) is 46.4 Å². The molecule has 0 radical (unpaired) electrons. The molecule has 3 rings (SSSR count). The normalized spacial score (nSPS) is 11.7. The van der Waals surface area contributed by atoms with Crippen molar-refractivity contribution in [3.8, 4) is 28.6 Å². The molecule has 0 N–H and O–H groups in total. The zero-order valence-electron chi connectivity index (χ0n) is 18.6. The van der Waals surface area contributed by atoms with Gasteiger partial charge in [0, 0.05) is 13.1 Å². The summed E-state index contributed by atoms with van der Waals surface area (Å²) in [6.45, 7) is 5.85. The van der Waals surface area contributed by atoms with Gasteiger partial charge in [0.2, 0.25) is 11.7 Å². The van der Waals surface area contributed by atoms with Crippen molar-refractivity contribution in [2.75, 3.05) is 21.3 Å². The summed E-state index contributed by atoms with van der Waals surface area (Å²) < 4.78 is 21.8. The van der Waals surface area contributed by atoms with Gasteiger partial charge in [0.05, 0.1) is 26.3 Å². The van der Waals surface area contributed by atoms with Gasteiger partial charge in [-0.15, -0.1) is 0 Å². The van der Waals surface area contributed by atoms with Gasteiger partial charge in [-0.25, -0.2) is 0 Å². The number of benzene rings is 2. The SMILES string of the molecule is COc1ccc(-c2noc(CN(C)C(=O)[C@@H](C)Oc3ccc(C)cc3C)n2)c(OC)c1. The van der Waals surface area contributed by atoms with Gasteiger partial charge in [-0.1, -0.05) is 22.9 Å². The lowest BCUT2D eigenvalue weighted by Gasteiger charge is -2.21. The number of hydrogen-bond acceptors (Lipinski definition) is 7. The van der Waals surface area contributed by atoms with Crippen LogP contribution in [0.5, 0.6) is 17.2 Å². The Bertz CT molecular complexity index is 1060. The predicted molar refractivity (Wildman–Crippen MR) is 115 cm³/mol. The van der Waals surface area contributed by atoms with E-state index in [9.17, 15) is 4.79 Å². The van der Waals surface area contributed by atoms with Crippen LogP contribution in [0.2, 0.25) is 0 Å². The zero-order valence-corrected chi connectivity index (χ0v) is 18.6. The first-order valence-electron chi connectivity index (χ1n) is 9.86. The molecule has 31 heavy (non-hydrogen) atoms. The van der Waals surface area contributed by atoms with Crippen molar-refractivity contribution in [3.05, 3.63) is 53.4 Å². The number of rotatable bonds is 8. The first-order valence-corrected chi connectivity index (χ1v) is 9.86. The first kappa shape index (κ1) is 22.1. The van der Waals surface area contributed by atoms with Crippen molar-refractivity contribution < 1.29 is 23.5 Å². The van der Waals surface area contributed by atoms with E-state index in [1.165, 1.54) is 4.90 Å². The highest BCUT2D eigenvalue weighted by molar-refractivity contribution is 5.80. The van der Waals surface area contributed by atoms with E-state index in [2.05, 4.69) is 10.1 Å². The molecule has 0 aliphatic heterocycles. The molecule has 8 nitrogen and oxygen atoms in total. The van der Waals surface area contributed by atoms with E-state index in [0.29, 0.717) is 34.5 Å². The van der Waals surface area contributed by atoms with E-state index in [1.807, 2.05) is 32.0 Å². The molecule has 0 fully saturated rings. The Morgan fingerprint density at radius 2 is 1.87 bits per heavy atom. The van der Waals surface area contributed by atoms with Crippen LogP contribution in [0.3, 0.4) is 0 Å². The Kier molecular flexibility index (Phi) is 6.79. The Labute approximate surface area is 181 Å². The van der Waals surface area contributed by atoms with Crippen molar-refractivity contribution in [3.63, 3.8) is 0 Å². The Balaban J connectivity index is 1.67. The van der Waals surface area contributed by atoms with Crippen LogP contribution in [-0.2, 0) is 11.3 Å². The van der Waals surface area contributed by atoms with Crippen LogP contribution in [0.1, 0.15) is 23.9 Å². The van der Waals surface area contributed by atoms with Crippen LogP contribution >= 0.6 is 0 Å². The minimum Gasteiger partial charge on any atom is -0.497 e. The Morgan fingerprint density at radius 3 is 2.55 bits per heavy atom. The molecule has 3 aromatic rings. The summed E-state index contributed by atoms with van der Waals surface area (Å²) >= 11 is 0. The molecule has 1 heterocycles. The average Bonchev–Trinajstić information content (AvgIpc) is 3.22. The van der Waals surface area contributed by atoms with E-state index in [-0.39, 0.29) is 12.5 Å². The van der Waals surface area contributed by atoms with Crippen molar-refractivity contribution in [1.29, 1.82) is 0 Å². The van der Waals surface area contributed by atoms with Crippen LogP contribution in [0.15, 0.2) is 40.9 Å². The number of ether oxygens (including phenoxy) is 3. The quantitative estimate of drug-likeness (QED) is 0.542. The summed E-state index contributed by atoms with van der Waals surface area (Å²) in [6, 6.07) is 11.2. The van der Waals surface area contributed by atoms with Crippen LogP contribution in [0.4, 0.5) is 0 Å². The fourth-order valence-corrected chi connectivity index (χ4v) is 3.18. The third kappa shape index (κ3) is 5.14. The molecule has 0 aliphatic carbocycles. The maximum absolute atomic E-state index is 12.8. The van der Waals surface area contributed by atoms with E-state index in [0.717, 1.165) is 11.1 Å². The predicted octanol–water partition coefficient (Wildman–Crippen LogP) is 3.80. The standard InChI is InChI=1S/C23H27N3O5/c1-14-7-10-19(15(2)11-14)30-16(3)23(27)26(4)13-21-24-22(25-31-21)18-9-8-17(28-5)12-20(18)29-6/h7-12,16H,13H2,1-6H3/t16-/m1/s1. The summed E-state index contributed by atoms with van der Waals surface area (Å²) in [5, 5.41) is 4.02. The first-order chi connectivity index (χ1) is 14.8. The molecule has 1 aromatic heterocycles. The zero-order chi connectivity index (χ0) is 22.5. The molecule has 0 saturated heterocycles. The smallest absolute Gasteiger partial charge is 0.263 e. The number of methoxy groups -OCH3 is 2. The second kappa shape index (κ2) is 9.51. The Morgan fingerprint density at radius 1 is 1.10 bits per heavy atom. The molecular weight excluding hydrogens is 398 g/mol. The van der Waals surface area contributed by atoms with Crippen LogP contribution in [-0.4, -0.2) is 48.3 Å². The molecule has 8 heteroatoms. The number of aryl methyl sites for hydroxylation is 2. The molecule has 0 unspecified atom stereocenters. The van der Waals surface area contributed by atoms with Gasteiger partial charge in [-0.2, -0.15) is 4.98 Å². The van der Waals surface area contributed by atoms with Gasteiger partial charge in [0.1, 0.15) is 17.2 Å². The summed E-state index contributed by atoms with van der Waals surface area (Å²) in [5.74, 6) is 2.39. The van der Waals surface area contributed by atoms with E-state index >= 15 is 0 Å². The topological polar surface area (TPSA) is 86.9 Å². The van der Waals surface area contributed by atoms with Crippen molar-refractivity contribution in [2.24, 2.45) is 0 Å². The number of amides is 1. The summed E-state index contributed by atoms with van der Waals surface area (Å²) in [7, 11) is 4.81. The fourth-order valence-electron chi connectivity index (χ4n) is 3.18. The number of hydrogen-bond donors (Lipinski definition) is 0. The van der Waals surface area contributed by atoms with Crippen molar-refractivity contribution in [2.45, 2.75) is 33.4 Å². The second-order valence-corrected chi connectivity index (χ2v) is 7.30. The maximum atomic E-state index is 12.8. The number of nitrogens with zero attached hydrogens (tertiary/aromatic N) is 3. The molecule has 0 aliphatic rings. The van der Waals surface area contributed by atoms with Gasteiger partial charge >= 0.3 is 0 Å². The number of likely N-dealkylation sites (N-methyl/N-ethyl adjacent to an activating group) is 1. The number of carbonyl (C=O) groups excluding carboxylic acids is 1.